The van der Waals surface area contributed by atoms with Crippen LogP contribution in [0.1, 0.15) is 17.7 Å². The largest absolute Gasteiger partial charge is 0.370 e. The van der Waals surface area contributed by atoms with Crippen molar-refractivity contribution < 1.29 is 4.39 Å². The number of fused-ring (bicyclic) bond motifs is 1. The second kappa shape index (κ2) is 4.78. The summed E-state index contributed by atoms with van der Waals surface area (Å²) < 4.78 is 13.6. The summed E-state index contributed by atoms with van der Waals surface area (Å²) in [4.78, 5) is 4.26. The minimum atomic E-state index is -0.358. The Hall–Kier alpha value is -2.16. The maximum Gasteiger partial charge on any atom is 0.175 e. The molecule has 0 saturated carbocycles. The van der Waals surface area contributed by atoms with Gasteiger partial charge in [0.2, 0.25) is 0 Å². The van der Waals surface area contributed by atoms with Gasteiger partial charge in [0.1, 0.15) is 17.5 Å². The molecule has 0 aliphatic heterocycles. The number of nitriles is 1. The third-order valence-corrected chi connectivity index (χ3v) is 2.34. The van der Waals surface area contributed by atoms with Crippen molar-refractivity contribution in [2.24, 2.45) is 0 Å². The molecule has 2 aromatic rings. The van der Waals surface area contributed by atoms with Gasteiger partial charge in [-0.3, -0.25) is 4.39 Å². The Balaban J connectivity index is 2.41. The Labute approximate surface area is 97.9 Å². The van der Waals surface area contributed by atoms with Crippen LogP contribution in [-0.4, -0.2) is 27.8 Å². The number of hydrogen-bond donors (Lipinski definition) is 1. The molecule has 0 aliphatic carbocycles. The van der Waals surface area contributed by atoms with Crippen LogP contribution in [0.3, 0.4) is 0 Å². The number of rotatable bonds is 4. The van der Waals surface area contributed by atoms with Crippen molar-refractivity contribution in [2.45, 2.75) is 13.3 Å². The predicted molar refractivity (Wildman–Crippen MR) is 61.5 cm³/mol. The van der Waals surface area contributed by atoms with Crippen LogP contribution < -0.4 is 5.32 Å². The summed E-state index contributed by atoms with van der Waals surface area (Å²) >= 11 is 0. The van der Waals surface area contributed by atoms with Crippen molar-refractivity contribution in [3.8, 4) is 6.07 Å². The summed E-state index contributed by atoms with van der Waals surface area (Å²) in [6.07, 6.45) is 1.91. The van der Waals surface area contributed by atoms with E-state index < -0.39 is 0 Å². The first-order valence-electron chi connectivity index (χ1n) is 5.31. The third kappa shape index (κ3) is 2.18. The molecule has 0 aliphatic rings. The molecule has 2 rings (SSSR count). The molecule has 0 unspecified atom stereocenters. The van der Waals surface area contributed by atoms with E-state index in [1.807, 2.05) is 19.1 Å². The van der Waals surface area contributed by atoms with Gasteiger partial charge in [0.25, 0.3) is 0 Å². The standard InChI is InChI=1S/C11H12FN5/c1-8-5-10(14-4-2-3-12)17-11(16-8)9(6-13)7-15-17/h5,7,14H,2-4H2,1H3/i12-1. The van der Waals surface area contributed by atoms with Gasteiger partial charge in [0, 0.05) is 18.3 Å². The highest BCUT2D eigenvalue weighted by Gasteiger charge is 2.09. The second-order valence-corrected chi connectivity index (χ2v) is 3.66. The normalized spacial score (nSPS) is 10.4. The van der Waals surface area contributed by atoms with E-state index in [9.17, 15) is 4.39 Å². The molecule has 6 heteroatoms. The molecule has 2 aromatic heterocycles. The second-order valence-electron chi connectivity index (χ2n) is 3.66. The molecule has 0 amide bonds. The van der Waals surface area contributed by atoms with E-state index in [0.717, 1.165) is 11.5 Å². The van der Waals surface area contributed by atoms with Crippen LogP contribution in [0.4, 0.5) is 10.2 Å². The summed E-state index contributed by atoms with van der Waals surface area (Å²) in [5.74, 6) is 0.724. The molecule has 2 heterocycles. The first kappa shape index (κ1) is 11.3. The fourth-order valence-corrected chi connectivity index (χ4v) is 1.57. The summed E-state index contributed by atoms with van der Waals surface area (Å²) in [5, 5.41) is 16.1. The molecule has 88 valence electrons. The van der Waals surface area contributed by atoms with Crippen molar-refractivity contribution in [1.82, 2.24) is 14.6 Å². The van der Waals surface area contributed by atoms with Crippen molar-refractivity contribution in [2.75, 3.05) is 18.5 Å². The lowest BCUT2D eigenvalue weighted by Crippen LogP contribution is -2.08. The molecule has 0 aromatic carbocycles. The van der Waals surface area contributed by atoms with Gasteiger partial charge in [-0.2, -0.15) is 14.9 Å². The zero-order valence-electron chi connectivity index (χ0n) is 9.44. The molecule has 0 bridgehead atoms. The zero-order chi connectivity index (χ0) is 12.3. The lowest BCUT2D eigenvalue weighted by molar-refractivity contribution is 0.481. The highest BCUT2D eigenvalue weighted by atomic mass is 18.2. The summed E-state index contributed by atoms with van der Waals surface area (Å²) in [6.45, 7) is 2.01. The SMILES string of the molecule is Cc1cc(NCCC[18F])n2ncc(C#N)c2n1. The number of alkyl halides is 1. The van der Waals surface area contributed by atoms with Crippen LogP contribution in [0.2, 0.25) is 0 Å². The van der Waals surface area contributed by atoms with E-state index in [2.05, 4.69) is 15.4 Å². The molecular formula is C11H12FN5. The van der Waals surface area contributed by atoms with Gasteiger partial charge < -0.3 is 5.32 Å². The number of aryl methyl sites for hydroxylation is 1. The molecule has 17 heavy (non-hydrogen) atoms. The Bertz CT molecular complexity index is 569. The number of nitrogens with one attached hydrogen (secondary N) is 1. The van der Waals surface area contributed by atoms with Crippen LogP contribution >= 0.6 is 0 Å². The lowest BCUT2D eigenvalue weighted by atomic mass is 10.3. The topological polar surface area (TPSA) is 66.0 Å². The molecule has 5 nitrogen and oxygen atoms in total. The average Bonchev–Trinajstić information content (AvgIpc) is 2.72. The van der Waals surface area contributed by atoms with Gasteiger partial charge in [0.15, 0.2) is 5.65 Å². The van der Waals surface area contributed by atoms with E-state index in [-0.39, 0.29) is 6.67 Å². The summed E-state index contributed by atoms with van der Waals surface area (Å²) in [5.41, 5.74) is 1.75. The van der Waals surface area contributed by atoms with Crippen LogP contribution in [0.5, 0.6) is 0 Å². The molecule has 0 spiro atoms. The average molecular weight is 232 g/mol. The first-order valence-corrected chi connectivity index (χ1v) is 5.31. The van der Waals surface area contributed by atoms with E-state index in [4.69, 9.17) is 5.26 Å². The Morgan fingerprint density at radius 2 is 2.41 bits per heavy atom. The smallest absolute Gasteiger partial charge is 0.175 e. The Morgan fingerprint density at radius 3 is 3.12 bits per heavy atom. The van der Waals surface area contributed by atoms with Crippen molar-refractivity contribution in [3.63, 3.8) is 0 Å². The third-order valence-electron chi connectivity index (χ3n) is 2.34. The molecule has 1 N–H and O–H groups in total. The van der Waals surface area contributed by atoms with E-state index in [0.29, 0.717) is 24.2 Å². The molecular weight excluding hydrogens is 220 g/mol. The lowest BCUT2D eigenvalue weighted by Gasteiger charge is -2.08. The minimum Gasteiger partial charge on any atom is -0.370 e. The summed E-state index contributed by atoms with van der Waals surface area (Å²) in [7, 11) is 0. The fourth-order valence-electron chi connectivity index (χ4n) is 1.57. The highest BCUT2D eigenvalue weighted by molar-refractivity contribution is 5.58. The van der Waals surface area contributed by atoms with Crippen molar-refractivity contribution in [3.05, 3.63) is 23.5 Å². The van der Waals surface area contributed by atoms with Gasteiger partial charge in [-0.05, 0) is 13.3 Å². The number of hydrogen-bond acceptors (Lipinski definition) is 4. The first-order chi connectivity index (χ1) is 8.26. The van der Waals surface area contributed by atoms with Gasteiger partial charge >= 0.3 is 0 Å². The van der Waals surface area contributed by atoms with E-state index in [1.165, 1.54) is 6.20 Å². The Morgan fingerprint density at radius 1 is 1.59 bits per heavy atom. The predicted octanol–water partition coefficient (Wildman–Crippen LogP) is 1.68. The van der Waals surface area contributed by atoms with E-state index in [1.54, 1.807) is 4.52 Å². The highest BCUT2D eigenvalue weighted by Crippen LogP contribution is 2.15. The van der Waals surface area contributed by atoms with Crippen LogP contribution in [0.25, 0.3) is 5.65 Å². The molecule has 0 saturated heterocycles. The van der Waals surface area contributed by atoms with Gasteiger partial charge in [-0.1, -0.05) is 0 Å². The van der Waals surface area contributed by atoms with Gasteiger partial charge in [0.05, 0.1) is 12.9 Å². The maximum atomic E-state index is 12.0. The van der Waals surface area contributed by atoms with Crippen molar-refractivity contribution >= 4 is 11.5 Å². The monoisotopic (exact) mass is 232 g/mol. The van der Waals surface area contributed by atoms with E-state index >= 15 is 0 Å². The number of aromatic nitrogens is 3. The minimum absolute atomic E-state index is 0.358. The Kier molecular flexibility index (Phi) is 3.19. The molecule has 0 atom stereocenters. The zero-order valence-corrected chi connectivity index (χ0v) is 9.44. The number of anilines is 1. The van der Waals surface area contributed by atoms with Crippen LogP contribution in [0.15, 0.2) is 12.3 Å². The van der Waals surface area contributed by atoms with Gasteiger partial charge in [-0.25, -0.2) is 4.98 Å². The summed E-state index contributed by atoms with van der Waals surface area (Å²) in [6, 6.07) is 3.86. The quantitative estimate of drug-likeness (QED) is 0.814. The van der Waals surface area contributed by atoms with Crippen LogP contribution in [-0.2, 0) is 0 Å². The molecule has 0 radical (unpaired) electrons. The molecule has 0 fully saturated rings. The fraction of sp³-hybridized carbons (Fsp3) is 0.364. The van der Waals surface area contributed by atoms with Gasteiger partial charge in [-0.15, -0.1) is 0 Å². The maximum absolute atomic E-state index is 12.0. The van der Waals surface area contributed by atoms with Crippen molar-refractivity contribution in [1.29, 1.82) is 5.26 Å². The number of nitrogens with zero attached hydrogens (tertiary/aromatic N) is 4. The van der Waals surface area contributed by atoms with Crippen LogP contribution in [0, 0.1) is 18.3 Å². The number of halogens is 1.